The highest BCUT2D eigenvalue weighted by Crippen LogP contribution is 2.39. The summed E-state index contributed by atoms with van der Waals surface area (Å²) in [6, 6.07) is -0.807. The number of likely N-dealkylation sites (tertiary alicyclic amines) is 2. The number of hydrogen-bond acceptors (Lipinski definition) is 6. The van der Waals surface area contributed by atoms with E-state index in [2.05, 4.69) is 5.32 Å². The predicted octanol–water partition coefficient (Wildman–Crippen LogP) is 1.69. The summed E-state index contributed by atoms with van der Waals surface area (Å²) in [6.45, 7) is 9.73. The zero-order valence-electron chi connectivity index (χ0n) is 18.9. The summed E-state index contributed by atoms with van der Waals surface area (Å²) in [4.78, 5) is 53.9. The molecule has 1 spiro atoms. The number of esters is 1. The molecular weight excluding hydrogens is 390 g/mol. The molecule has 30 heavy (non-hydrogen) atoms. The minimum atomic E-state index is -0.966. The summed E-state index contributed by atoms with van der Waals surface area (Å²) in [5.74, 6) is -1.18. The molecule has 2 atom stereocenters. The topological polar surface area (TPSA) is 105 Å². The molecule has 0 saturated carbocycles. The molecule has 2 fully saturated rings. The number of carbonyl (C=O) groups excluding carboxylic acids is 4. The third-order valence-corrected chi connectivity index (χ3v) is 5.61. The summed E-state index contributed by atoms with van der Waals surface area (Å²) in [6.07, 6.45) is 1.82. The normalized spacial score (nSPS) is 23.0. The second-order valence-electron chi connectivity index (χ2n) is 9.40. The van der Waals surface area contributed by atoms with Gasteiger partial charge in [-0.3, -0.25) is 14.4 Å². The molecule has 1 N–H and O–H groups in total. The second kappa shape index (κ2) is 9.22. The number of ether oxygens (including phenoxy) is 2. The van der Waals surface area contributed by atoms with Crippen molar-refractivity contribution in [2.75, 3.05) is 26.7 Å². The molecule has 0 aliphatic carbocycles. The molecule has 9 heteroatoms. The molecule has 1 unspecified atom stereocenters. The van der Waals surface area contributed by atoms with E-state index in [1.165, 1.54) is 12.0 Å². The average molecular weight is 426 g/mol. The summed E-state index contributed by atoms with van der Waals surface area (Å²) < 4.78 is 10.0. The lowest BCUT2D eigenvalue weighted by atomic mass is 9.84. The van der Waals surface area contributed by atoms with Crippen LogP contribution >= 0.6 is 0 Å². The molecule has 2 heterocycles. The number of alkyl carbamates (subject to hydrolysis) is 1. The van der Waals surface area contributed by atoms with Crippen molar-refractivity contribution >= 4 is 23.9 Å². The quantitative estimate of drug-likeness (QED) is 0.672. The number of nitrogens with one attached hydrogen (secondary N) is 1. The van der Waals surface area contributed by atoms with E-state index in [1.54, 1.807) is 25.7 Å². The molecule has 9 nitrogen and oxygen atoms in total. The Morgan fingerprint density at radius 1 is 1.13 bits per heavy atom. The Bertz CT molecular complexity index is 687. The Morgan fingerprint density at radius 3 is 2.27 bits per heavy atom. The number of amides is 3. The molecule has 2 aliphatic rings. The van der Waals surface area contributed by atoms with Gasteiger partial charge in [-0.1, -0.05) is 13.8 Å². The summed E-state index contributed by atoms with van der Waals surface area (Å²) in [5, 5.41) is 2.69. The first-order valence-corrected chi connectivity index (χ1v) is 10.6. The van der Waals surface area contributed by atoms with E-state index in [9.17, 15) is 19.2 Å². The van der Waals surface area contributed by atoms with Gasteiger partial charge >= 0.3 is 12.1 Å². The van der Waals surface area contributed by atoms with Crippen molar-refractivity contribution in [3.8, 4) is 0 Å². The third-order valence-electron chi connectivity index (χ3n) is 5.61. The lowest BCUT2D eigenvalue weighted by molar-refractivity contribution is -0.160. The summed E-state index contributed by atoms with van der Waals surface area (Å²) in [5.41, 5.74) is -1.65. The van der Waals surface area contributed by atoms with Crippen LogP contribution in [0.25, 0.3) is 0 Å². The maximum atomic E-state index is 13.5. The van der Waals surface area contributed by atoms with Crippen LogP contribution in [0.15, 0.2) is 0 Å². The van der Waals surface area contributed by atoms with Crippen LogP contribution in [0.3, 0.4) is 0 Å². The van der Waals surface area contributed by atoms with E-state index in [1.807, 2.05) is 13.8 Å². The molecule has 0 aromatic heterocycles. The van der Waals surface area contributed by atoms with Crippen LogP contribution in [0.5, 0.6) is 0 Å². The van der Waals surface area contributed by atoms with Gasteiger partial charge in [0.25, 0.3) is 0 Å². The highest BCUT2D eigenvalue weighted by Gasteiger charge is 2.54. The highest BCUT2D eigenvalue weighted by atomic mass is 16.6. The van der Waals surface area contributed by atoms with E-state index in [0.717, 1.165) is 0 Å². The molecule has 2 aliphatic heterocycles. The highest BCUT2D eigenvalue weighted by molar-refractivity contribution is 5.96. The maximum absolute atomic E-state index is 13.5. The molecule has 0 aromatic carbocycles. The van der Waals surface area contributed by atoms with Crippen LogP contribution in [0.4, 0.5) is 4.79 Å². The Hall–Kier alpha value is -2.32. The van der Waals surface area contributed by atoms with Gasteiger partial charge in [0.2, 0.25) is 11.8 Å². The van der Waals surface area contributed by atoms with Crippen LogP contribution < -0.4 is 5.32 Å². The van der Waals surface area contributed by atoms with Crippen molar-refractivity contribution in [1.82, 2.24) is 15.1 Å². The van der Waals surface area contributed by atoms with Gasteiger partial charge in [-0.25, -0.2) is 4.79 Å². The van der Waals surface area contributed by atoms with E-state index in [-0.39, 0.29) is 24.3 Å². The standard InChI is InChI=1S/C21H35N3O6/c1-14(2)16(22-19(28)30-20(3,4)5)17(26)24-12-8-10-21(24)9-7-11-23(18(21)27)13-15(25)29-6/h14,16H,7-13H2,1-6H3,(H,22,28)/t16-,21?/m0/s1. The minimum absolute atomic E-state index is 0.122. The predicted molar refractivity (Wildman–Crippen MR) is 110 cm³/mol. The van der Waals surface area contributed by atoms with Crippen molar-refractivity contribution in [2.45, 2.75) is 77.5 Å². The molecule has 0 aromatic rings. The lowest BCUT2D eigenvalue weighted by Gasteiger charge is -2.45. The molecule has 170 valence electrons. The summed E-state index contributed by atoms with van der Waals surface area (Å²) >= 11 is 0. The Labute approximate surface area is 178 Å². The number of hydrogen-bond donors (Lipinski definition) is 1. The number of rotatable bonds is 5. The van der Waals surface area contributed by atoms with Gasteiger partial charge in [-0.2, -0.15) is 0 Å². The van der Waals surface area contributed by atoms with Gasteiger partial charge in [0.1, 0.15) is 23.7 Å². The van der Waals surface area contributed by atoms with Crippen molar-refractivity contribution in [1.29, 1.82) is 0 Å². The van der Waals surface area contributed by atoms with Crippen LogP contribution in [-0.4, -0.2) is 77.6 Å². The number of nitrogens with zero attached hydrogens (tertiary/aromatic N) is 2. The van der Waals surface area contributed by atoms with E-state index < -0.39 is 29.2 Å². The Balaban J connectivity index is 2.22. The van der Waals surface area contributed by atoms with Crippen LogP contribution in [0.2, 0.25) is 0 Å². The van der Waals surface area contributed by atoms with Crippen LogP contribution in [0.1, 0.15) is 60.3 Å². The first-order chi connectivity index (χ1) is 13.9. The van der Waals surface area contributed by atoms with Gasteiger partial charge in [-0.15, -0.1) is 0 Å². The van der Waals surface area contributed by atoms with Crippen LogP contribution in [0, 0.1) is 5.92 Å². The molecule has 2 rings (SSSR count). The number of piperidine rings is 1. The monoisotopic (exact) mass is 425 g/mol. The van der Waals surface area contributed by atoms with Gasteiger partial charge in [-0.05, 0) is 52.4 Å². The number of carbonyl (C=O) groups is 4. The van der Waals surface area contributed by atoms with Crippen LogP contribution in [-0.2, 0) is 23.9 Å². The molecular formula is C21H35N3O6. The maximum Gasteiger partial charge on any atom is 0.408 e. The van der Waals surface area contributed by atoms with E-state index in [4.69, 9.17) is 9.47 Å². The van der Waals surface area contributed by atoms with Gasteiger partial charge in [0, 0.05) is 13.1 Å². The first kappa shape index (κ1) is 24.0. The Kier molecular flexibility index (Phi) is 7.36. The minimum Gasteiger partial charge on any atom is -0.468 e. The first-order valence-electron chi connectivity index (χ1n) is 10.6. The molecule has 0 radical (unpaired) electrons. The molecule has 3 amide bonds. The largest absolute Gasteiger partial charge is 0.468 e. The zero-order valence-corrected chi connectivity index (χ0v) is 18.9. The van der Waals surface area contributed by atoms with Gasteiger partial charge < -0.3 is 24.6 Å². The zero-order chi connectivity index (χ0) is 22.7. The average Bonchev–Trinajstić information content (AvgIpc) is 3.05. The lowest BCUT2D eigenvalue weighted by Crippen LogP contribution is -2.65. The van der Waals surface area contributed by atoms with Gasteiger partial charge in [0.05, 0.1) is 7.11 Å². The van der Waals surface area contributed by atoms with Crippen molar-refractivity contribution in [3.63, 3.8) is 0 Å². The molecule has 0 bridgehead atoms. The van der Waals surface area contributed by atoms with Crippen molar-refractivity contribution in [3.05, 3.63) is 0 Å². The van der Waals surface area contributed by atoms with Crippen molar-refractivity contribution < 1.29 is 28.7 Å². The SMILES string of the molecule is COC(=O)CN1CCCC2(CCCN2C(=O)[C@@H](NC(=O)OC(C)(C)C)C(C)C)C1=O. The summed E-state index contributed by atoms with van der Waals surface area (Å²) in [7, 11) is 1.29. The molecule has 2 saturated heterocycles. The fourth-order valence-corrected chi connectivity index (χ4v) is 4.23. The van der Waals surface area contributed by atoms with Gasteiger partial charge in [0.15, 0.2) is 0 Å². The van der Waals surface area contributed by atoms with Crippen molar-refractivity contribution in [2.24, 2.45) is 5.92 Å². The van der Waals surface area contributed by atoms with E-state index >= 15 is 0 Å². The smallest absolute Gasteiger partial charge is 0.408 e. The fraction of sp³-hybridized carbons (Fsp3) is 0.810. The number of methoxy groups -OCH3 is 1. The fourth-order valence-electron chi connectivity index (χ4n) is 4.23. The third kappa shape index (κ3) is 5.23. The van der Waals surface area contributed by atoms with E-state index in [0.29, 0.717) is 38.8 Å². The second-order valence-corrected chi connectivity index (χ2v) is 9.40. The Morgan fingerprint density at radius 2 is 1.73 bits per heavy atom.